The highest BCUT2D eigenvalue weighted by Crippen LogP contribution is 2.10. The summed E-state index contributed by atoms with van der Waals surface area (Å²) in [4.78, 5) is 11.9. The van der Waals surface area contributed by atoms with E-state index in [1.54, 1.807) is 0 Å². The van der Waals surface area contributed by atoms with Crippen LogP contribution in [0.3, 0.4) is 0 Å². The first-order valence-corrected chi connectivity index (χ1v) is 8.94. The largest absolute Gasteiger partial charge is 0.357 e. The lowest BCUT2D eigenvalue weighted by atomic mass is 10.1. The highest BCUT2D eigenvalue weighted by atomic mass is 15.3. The monoisotopic (exact) mass is 331 g/mol. The molecule has 0 saturated carbocycles. The number of hydrogen-bond donors (Lipinski definition) is 1. The van der Waals surface area contributed by atoms with Gasteiger partial charge in [-0.05, 0) is 39.1 Å². The first kappa shape index (κ1) is 18.7. The second-order valence-corrected chi connectivity index (χ2v) is 6.87. The number of hydrogen-bond acceptors (Lipinski definition) is 3. The molecule has 1 fully saturated rings. The summed E-state index contributed by atoms with van der Waals surface area (Å²) in [6, 6.07) is 9.05. The van der Waals surface area contributed by atoms with Gasteiger partial charge >= 0.3 is 0 Å². The van der Waals surface area contributed by atoms with Crippen LogP contribution in [0.15, 0.2) is 29.3 Å². The number of piperazine rings is 1. The lowest BCUT2D eigenvalue weighted by Crippen LogP contribution is -2.51. The molecule has 0 spiro atoms. The number of aryl methyl sites for hydroxylation is 1. The van der Waals surface area contributed by atoms with Crippen molar-refractivity contribution in [3.8, 4) is 0 Å². The predicted octanol–water partition coefficient (Wildman–Crippen LogP) is 1.64. The Kier molecular flexibility index (Phi) is 7.06. The van der Waals surface area contributed by atoms with Crippen molar-refractivity contribution in [2.45, 2.75) is 26.4 Å². The molecule has 0 amide bonds. The zero-order valence-corrected chi connectivity index (χ0v) is 15.9. The van der Waals surface area contributed by atoms with Crippen LogP contribution in [0, 0.1) is 6.92 Å². The maximum absolute atomic E-state index is 4.91. The van der Waals surface area contributed by atoms with Crippen molar-refractivity contribution in [3.63, 3.8) is 0 Å². The van der Waals surface area contributed by atoms with Crippen LogP contribution in [-0.2, 0) is 6.54 Å². The van der Waals surface area contributed by atoms with Gasteiger partial charge < -0.3 is 15.1 Å². The van der Waals surface area contributed by atoms with Crippen molar-refractivity contribution < 1.29 is 0 Å². The predicted molar refractivity (Wildman–Crippen MR) is 103 cm³/mol. The average molecular weight is 332 g/mol. The van der Waals surface area contributed by atoms with Gasteiger partial charge in [0.05, 0.1) is 6.54 Å². The van der Waals surface area contributed by atoms with Crippen molar-refractivity contribution in [1.29, 1.82) is 0 Å². The Hall–Kier alpha value is -1.59. The van der Waals surface area contributed by atoms with Crippen LogP contribution in [-0.4, -0.2) is 80.6 Å². The van der Waals surface area contributed by atoms with Crippen LogP contribution in [0.5, 0.6) is 0 Å². The highest BCUT2D eigenvalue weighted by molar-refractivity contribution is 5.79. The van der Waals surface area contributed by atoms with E-state index in [9.17, 15) is 0 Å². The fourth-order valence-corrected chi connectivity index (χ4v) is 3.08. The van der Waals surface area contributed by atoms with Gasteiger partial charge in [-0.1, -0.05) is 24.3 Å². The standard InChI is InChI=1S/C19H33N5/c1-6-20-19(21-13-18-15-22(3)11-12-23(18)4)24(5)14-17-10-8-7-9-16(17)2/h7-10,18H,6,11-15H2,1-5H3,(H,20,21). The number of nitrogens with one attached hydrogen (secondary N) is 1. The summed E-state index contributed by atoms with van der Waals surface area (Å²) in [5.74, 6) is 0.988. The van der Waals surface area contributed by atoms with Crippen molar-refractivity contribution in [1.82, 2.24) is 20.0 Å². The minimum absolute atomic E-state index is 0.490. The van der Waals surface area contributed by atoms with Gasteiger partial charge in [-0.25, -0.2) is 0 Å². The van der Waals surface area contributed by atoms with Crippen LogP contribution in [0.2, 0.25) is 0 Å². The van der Waals surface area contributed by atoms with Crippen LogP contribution >= 0.6 is 0 Å². The van der Waals surface area contributed by atoms with E-state index in [2.05, 4.69) is 79.3 Å². The molecule has 1 aliphatic heterocycles. The van der Waals surface area contributed by atoms with Gasteiger partial charge in [-0.15, -0.1) is 0 Å². The summed E-state index contributed by atoms with van der Waals surface area (Å²) in [6.07, 6.45) is 0. The molecule has 1 heterocycles. The van der Waals surface area contributed by atoms with Gasteiger partial charge in [0.1, 0.15) is 0 Å². The fourth-order valence-electron chi connectivity index (χ4n) is 3.08. The Morgan fingerprint density at radius 1 is 1.29 bits per heavy atom. The Bertz CT molecular complexity index is 542. The number of guanidine groups is 1. The second kappa shape index (κ2) is 9.04. The van der Waals surface area contributed by atoms with E-state index >= 15 is 0 Å². The zero-order valence-electron chi connectivity index (χ0n) is 15.9. The quantitative estimate of drug-likeness (QED) is 0.657. The molecule has 0 aromatic heterocycles. The molecule has 5 heteroatoms. The first-order chi connectivity index (χ1) is 11.5. The van der Waals surface area contributed by atoms with E-state index in [0.29, 0.717) is 6.04 Å². The number of nitrogens with zero attached hydrogens (tertiary/aromatic N) is 4. The van der Waals surface area contributed by atoms with Gasteiger partial charge in [0, 0.05) is 45.8 Å². The van der Waals surface area contributed by atoms with Crippen LogP contribution < -0.4 is 5.32 Å². The number of benzene rings is 1. The van der Waals surface area contributed by atoms with Gasteiger partial charge in [0.25, 0.3) is 0 Å². The molecule has 5 nitrogen and oxygen atoms in total. The first-order valence-electron chi connectivity index (χ1n) is 8.94. The molecule has 1 aromatic rings. The second-order valence-electron chi connectivity index (χ2n) is 6.87. The molecule has 1 saturated heterocycles. The maximum Gasteiger partial charge on any atom is 0.194 e. The van der Waals surface area contributed by atoms with Crippen LogP contribution in [0.4, 0.5) is 0 Å². The van der Waals surface area contributed by atoms with Gasteiger partial charge in [-0.3, -0.25) is 9.89 Å². The summed E-state index contributed by atoms with van der Waals surface area (Å²) in [5.41, 5.74) is 2.67. The summed E-state index contributed by atoms with van der Waals surface area (Å²) in [5, 5.41) is 3.43. The molecule has 24 heavy (non-hydrogen) atoms. The number of aliphatic imine (C=N–C) groups is 1. The van der Waals surface area contributed by atoms with Crippen molar-refractivity contribution in [2.24, 2.45) is 4.99 Å². The van der Waals surface area contributed by atoms with Crippen molar-refractivity contribution in [2.75, 3.05) is 53.9 Å². The summed E-state index contributed by atoms with van der Waals surface area (Å²) < 4.78 is 0. The lowest BCUT2D eigenvalue weighted by Gasteiger charge is -2.37. The molecule has 1 atom stereocenters. The Balaban J connectivity index is 2.02. The Labute approximate surface area is 147 Å². The average Bonchev–Trinajstić information content (AvgIpc) is 2.56. The van der Waals surface area contributed by atoms with E-state index in [-0.39, 0.29) is 0 Å². The van der Waals surface area contributed by atoms with E-state index in [0.717, 1.165) is 45.2 Å². The summed E-state index contributed by atoms with van der Waals surface area (Å²) in [6.45, 7) is 10.2. The van der Waals surface area contributed by atoms with Crippen LogP contribution in [0.25, 0.3) is 0 Å². The summed E-state index contributed by atoms with van der Waals surface area (Å²) >= 11 is 0. The van der Waals surface area contributed by atoms with E-state index in [4.69, 9.17) is 4.99 Å². The minimum atomic E-state index is 0.490. The molecular formula is C19H33N5. The molecule has 0 radical (unpaired) electrons. The third kappa shape index (κ3) is 5.21. The molecule has 134 valence electrons. The SMILES string of the molecule is CCNC(=NCC1CN(C)CCN1C)N(C)Cc1ccccc1C. The Morgan fingerprint density at radius 2 is 2.04 bits per heavy atom. The number of rotatable bonds is 5. The van der Waals surface area contributed by atoms with E-state index in [1.165, 1.54) is 11.1 Å². The molecule has 0 bridgehead atoms. The van der Waals surface area contributed by atoms with Gasteiger partial charge in [-0.2, -0.15) is 0 Å². The maximum atomic E-state index is 4.91. The van der Waals surface area contributed by atoms with Gasteiger partial charge in [0.15, 0.2) is 5.96 Å². The third-order valence-corrected chi connectivity index (χ3v) is 4.80. The fraction of sp³-hybridized carbons (Fsp3) is 0.632. The topological polar surface area (TPSA) is 34.1 Å². The number of likely N-dealkylation sites (N-methyl/N-ethyl adjacent to an activating group) is 2. The Morgan fingerprint density at radius 3 is 2.75 bits per heavy atom. The van der Waals surface area contributed by atoms with Crippen molar-refractivity contribution in [3.05, 3.63) is 35.4 Å². The molecule has 1 aliphatic rings. The lowest BCUT2D eigenvalue weighted by molar-refractivity contribution is 0.119. The zero-order chi connectivity index (χ0) is 17.5. The smallest absolute Gasteiger partial charge is 0.194 e. The molecular weight excluding hydrogens is 298 g/mol. The highest BCUT2D eigenvalue weighted by Gasteiger charge is 2.22. The van der Waals surface area contributed by atoms with E-state index in [1.807, 2.05) is 0 Å². The third-order valence-electron chi connectivity index (χ3n) is 4.80. The normalized spacial score (nSPS) is 20.2. The van der Waals surface area contributed by atoms with Crippen molar-refractivity contribution >= 4 is 5.96 Å². The molecule has 2 rings (SSSR count). The molecule has 1 unspecified atom stereocenters. The molecule has 1 aromatic carbocycles. The van der Waals surface area contributed by atoms with E-state index < -0.39 is 0 Å². The van der Waals surface area contributed by atoms with Crippen LogP contribution in [0.1, 0.15) is 18.1 Å². The van der Waals surface area contributed by atoms with Gasteiger partial charge in [0.2, 0.25) is 0 Å². The molecule has 1 N–H and O–H groups in total. The minimum Gasteiger partial charge on any atom is -0.357 e. The summed E-state index contributed by atoms with van der Waals surface area (Å²) in [7, 11) is 6.51. The molecule has 0 aliphatic carbocycles.